The molecule has 15 heterocycles. The maximum absolute atomic E-state index is 12.8. The molecule has 7 aliphatic heterocycles. The number of benzene rings is 3. The number of carbonyl (C=O) groups excluding carboxylic acids is 3. The van der Waals surface area contributed by atoms with Crippen LogP contribution in [0, 0.1) is 0 Å². The van der Waals surface area contributed by atoms with Crippen molar-refractivity contribution >= 4 is 120 Å². The van der Waals surface area contributed by atoms with Crippen molar-refractivity contribution in [3.8, 4) is 0 Å². The van der Waals surface area contributed by atoms with Crippen LogP contribution >= 0.6 is 0 Å². The van der Waals surface area contributed by atoms with Crippen LogP contribution in [0.15, 0.2) is 142 Å². The molecule has 14 N–H and O–H groups in total. The summed E-state index contributed by atoms with van der Waals surface area (Å²) in [6.07, 6.45) is 0.438. The molecule has 0 bridgehead atoms. The van der Waals surface area contributed by atoms with E-state index in [0.29, 0.717) is 110 Å². The van der Waals surface area contributed by atoms with Crippen LogP contribution in [-0.4, -0.2) is 279 Å². The molecular weight excluding hydrogens is 1850 g/mol. The molecule has 11 aromatic rings. The second kappa shape index (κ2) is 43.8. The molecule has 43 nitrogen and oxygen atoms in total. The van der Waals surface area contributed by atoms with Gasteiger partial charge in [0.15, 0.2) is 70.5 Å². The van der Waals surface area contributed by atoms with Crippen LogP contribution in [0.5, 0.6) is 0 Å². The summed E-state index contributed by atoms with van der Waals surface area (Å²) in [5.74, 6) is -0.522. The van der Waals surface area contributed by atoms with E-state index in [1.54, 1.807) is 126 Å². The number of ether oxygens (including phenoxy) is 8. The maximum atomic E-state index is 12.8. The first-order valence-electron chi connectivity index (χ1n) is 46.5. The highest BCUT2D eigenvalue weighted by Crippen LogP contribution is 2.52. The fourth-order valence-corrected chi connectivity index (χ4v) is 41.2. The van der Waals surface area contributed by atoms with Gasteiger partial charge in [0.2, 0.25) is 0 Å². The minimum Gasteiger partial charge on any atom is -0.459 e. The van der Waals surface area contributed by atoms with Crippen LogP contribution in [0.3, 0.4) is 0 Å². The van der Waals surface area contributed by atoms with Crippen LogP contribution in [-0.2, 0) is 63.8 Å². The van der Waals surface area contributed by atoms with Crippen LogP contribution in [0.25, 0.3) is 44.7 Å². The number of hydrogen-bond donors (Lipinski definition) is 10. The third-order valence-electron chi connectivity index (χ3n) is 26.2. The van der Waals surface area contributed by atoms with E-state index in [-0.39, 0.29) is 76.5 Å². The Kier molecular flexibility index (Phi) is 32.9. The van der Waals surface area contributed by atoms with Gasteiger partial charge in [0, 0.05) is 12.8 Å². The molecule has 0 radical (unpaired) electrons. The van der Waals surface area contributed by atoms with E-state index >= 15 is 0 Å². The summed E-state index contributed by atoms with van der Waals surface area (Å²) < 4.78 is 95.5. The zero-order chi connectivity index (χ0) is 99.3. The third kappa shape index (κ3) is 21.0. The Labute approximate surface area is 802 Å². The van der Waals surface area contributed by atoms with E-state index in [4.69, 9.17) is 97.0 Å². The molecule has 746 valence electrons. The molecule has 3 unspecified atom stereocenters. The highest BCUT2D eigenvalue weighted by Gasteiger charge is 2.64. The molecule has 3 aromatic carbocycles. The summed E-state index contributed by atoms with van der Waals surface area (Å²) in [4.78, 5) is 87.4. The first-order valence-corrected chi connectivity index (χ1v) is 54.4. The highest BCUT2D eigenvalue weighted by molar-refractivity contribution is 6.84. The van der Waals surface area contributed by atoms with E-state index < -0.39 is 151 Å². The molecule has 0 saturated carbocycles. The number of nitrogens with zero attached hydrogens (tertiary/aromatic N) is 16. The Bertz CT molecular complexity index is 5890. The maximum Gasteiger partial charge on any atom is 0.338 e. The van der Waals surface area contributed by atoms with Crippen molar-refractivity contribution in [3.63, 3.8) is 0 Å². The summed E-state index contributed by atoms with van der Waals surface area (Å²) in [7, 11) is -10.8. The van der Waals surface area contributed by atoms with Gasteiger partial charge < -0.3 is 117 Å². The molecule has 47 heteroatoms. The molecule has 8 aromatic heterocycles. The number of carbonyl (C=O) groups is 3. The number of rotatable bonds is 21. The van der Waals surface area contributed by atoms with Crippen molar-refractivity contribution in [3.05, 3.63) is 158 Å². The second-order valence-corrected chi connectivity index (χ2v) is 55.3. The molecule has 0 aliphatic carbocycles. The van der Waals surface area contributed by atoms with E-state index in [1.165, 1.54) is 36.2 Å². The van der Waals surface area contributed by atoms with Gasteiger partial charge in [0.1, 0.15) is 121 Å². The number of aromatic nitrogens is 16. The predicted molar refractivity (Wildman–Crippen MR) is 512 cm³/mol. The number of nitrogen functional groups attached to an aromatic ring is 4. The van der Waals surface area contributed by atoms with Crippen molar-refractivity contribution in [2.75, 3.05) is 56.0 Å². The molecule has 18 atom stereocenters. The van der Waals surface area contributed by atoms with Gasteiger partial charge in [-0.3, -0.25) is 18.3 Å². The average Bonchev–Trinajstić information content (AvgIpc) is 1.50. The van der Waals surface area contributed by atoms with Crippen LogP contribution in [0.2, 0.25) is 44.3 Å². The highest BCUT2D eigenvalue weighted by atomic mass is 28.5. The topological polar surface area (TPSA) is 580 Å². The van der Waals surface area contributed by atoms with Crippen molar-refractivity contribution in [2.45, 2.75) is 285 Å². The normalized spacial score (nSPS) is 27.0. The lowest BCUT2D eigenvalue weighted by atomic mass is 10.1. The fraction of sp³-hybridized carbons (Fsp3) is 0.549. The van der Waals surface area contributed by atoms with Gasteiger partial charge in [-0.05, 0) is 87.7 Å². The molecule has 138 heavy (non-hydrogen) atoms. The van der Waals surface area contributed by atoms with Crippen LogP contribution in [0.4, 0.5) is 23.3 Å². The number of fused-ring (bicyclic) bond motifs is 6. The van der Waals surface area contributed by atoms with E-state index in [2.05, 4.69) is 171 Å². The summed E-state index contributed by atoms with van der Waals surface area (Å²) in [5, 5.41) is 59.0. The standard InChI is InChI=1S/C27H24O7.C22H39N5O5Si2.C22H39N5O4Si2.C10H13N5O4.C10H13N5O3/c1-18-23(33-26(29)20-13-7-3-8-14-20)24(34-27(30)21-15-9-4-10-16-21)22(32-18)17-31-25(28)19-11-5-2-6-12-19;1-12(2)33(13(3)4)29-9-16-19(31-34(32-33,14(5)6)15(7)8)18(28)22(30-16)27-11-26-17-20(23)24-10-25-21(17)27;1-13(2)32(14(3)4)28-10-18-17(30-33(31-32,15(5)6)16(7)8)9-19(29-18)27-12-26-20-21(23)24-11-25-22(20)27;11-8-5-9(13-2-12-8)15(3-14-5)10-7(18)6(17)4(1-16)19-10;11-9-8-10(13-3-12-9)15(4-14-8)7-1-5(17)6(2-16)18-7/h2-16,18,22-24H,17H2,1H3;10-16,18-19,22,28H,9H2,1-8H3,(H2,23,24,25);11-19H,9-10H2,1-8H3,(H2,23,24,25);2-4,6-7,10,16-18H,1H2,(H2,11,12,13);3-7,16-17H,1-2H2,(H2,11,12,13)/t18-,22+,23?,24-;16-,18?,19+,22-;17-,18-,19-;4-,6+,7?,10-;5-,6-,7-/m10000/s1. The van der Waals surface area contributed by atoms with Gasteiger partial charge in [-0.15, -0.1) is 0 Å². The fourth-order valence-electron chi connectivity index (χ4n) is 18.8. The molecular formula is C91H128N20O23Si4. The Balaban J connectivity index is 0.000000141. The van der Waals surface area contributed by atoms with E-state index in [9.17, 15) is 34.8 Å². The van der Waals surface area contributed by atoms with Crippen molar-refractivity contribution in [2.24, 2.45) is 0 Å². The number of hydrogen-bond acceptors (Lipinski definition) is 39. The first kappa shape index (κ1) is 104. The Morgan fingerprint density at radius 2 is 0.761 bits per heavy atom. The number of aliphatic hydroxyl groups is 6. The quantitative estimate of drug-likeness (QED) is 0.0182. The zero-order valence-corrected chi connectivity index (χ0v) is 84.3. The molecule has 7 fully saturated rings. The van der Waals surface area contributed by atoms with Gasteiger partial charge in [0.25, 0.3) is 0 Å². The number of imidazole rings is 4. The Morgan fingerprint density at radius 3 is 1.16 bits per heavy atom. The van der Waals surface area contributed by atoms with Crippen LogP contribution < -0.4 is 22.9 Å². The van der Waals surface area contributed by atoms with Gasteiger partial charge in [-0.25, -0.2) is 74.2 Å². The second-order valence-electron chi connectivity index (χ2n) is 37.6. The SMILES string of the molecule is CC(C)[Si]1(C(C)C)OC[C@@H]2O[C@H](n3cnc4c(N)ncnc43)C(O)[C@@H]2O[Si](C(C)C)(C(C)C)O1.CC(C)[Si]1(C(C)C)OC[C@@H]2O[C@H](n3cnc4c(N)ncnc43)C[C@@H]2O[Si](C(C)C)(C(C)C)O1.C[C@H]1O[C@@H](COC(=O)c2ccccc2)[C@@H](OC(=O)c2ccccc2)C1OC(=O)c1ccccc1.Nc1ncnc2c1ncn2[C@@H]1C[C@H](O)[C@H](CO)O1.Nc1ncnc2c1ncn2[C@H]1O[C@@H](CO)[C@@H](O)C1O. The van der Waals surface area contributed by atoms with Crippen molar-refractivity contribution < 1.29 is 109 Å². The van der Waals surface area contributed by atoms with E-state index in [0.717, 1.165) is 0 Å². The largest absolute Gasteiger partial charge is 0.459 e. The number of esters is 3. The lowest BCUT2D eigenvalue weighted by Crippen LogP contribution is -2.65. The smallest absolute Gasteiger partial charge is 0.338 e. The third-order valence-corrected chi connectivity index (χ3v) is 46.7. The summed E-state index contributed by atoms with van der Waals surface area (Å²) in [6, 6.07) is 25.5. The Hall–Kier alpha value is -10.3. The summed E-state index contributed by atoms with van der Waals surface area (Å²) in [5.41, 5.74) is 30.4. The van der Waals surface area contributed by atoms with E-state index in [1.807, 2.05) is 4.57 Å². The lowest BCUT2D eigenvalue weighted by Gasteiger charge is -2.51. The minimum atomic E-state index is -2.86. The Morgan fingerprint density at radius 1 is 0.391 bits per heavy atom. The molecule has 7 aliphatic rings. The van der Waals surface area contributed by atoms with Crippen LogP contribution in [0.1, 0.15) is 187 Å². The summed E-state index contributed by atoms with van der Waals surface area (Å²) >= 11 is 0. The van der Waals surface area contributed by atoms with Gasteiger partial charge >= 0.3 is 52.2 Å². The molecule has 7 saturated heterocycles. The zero-order valence-electron chi connectivity index (χ0n) is 80.3. The molecule has 18 rings (SSSR count). The van der Waals surface area contributed by atoms with Gasteiger partial charge in [-0.2, -0.15) is 0 Å². The van der Waals surface area contributed by atoms with Crippen molar-refractivity contribution in [1.82, 2.24) is 78.1 Å². The van der Waals surface area contributed by atoms with Crippen molar-refractivity contribution in [1.29, 1.82) is 0 Å². The first-order chi connectivity index (χ1) is 65.8. The minimum absolute atomic E-state index is 0.116. The lowest BCUT2D eigenvalue weighted by molar-refractivity contribution is -0.0570. The number of aliphatic hydroxyl groups excluding tert-OH is 6. The monoisotopic (exact) mass is 1980 g/mol. The average molecular weight is 1980 g/mol. The predicted octanol–water partition coefficient (Wildman–Crippen LogP) is 9.43. The number of nitrogens with two attached hydrogens (primary N) is 4. The molecule has 0 amide bonds. The van der Waals surface area contributed by atoms with Gasteiger partial charge in [0.05, 0.1) is 86.7 Å². The number of anilines is 4. The van der Waals surface area contributed by atoms with Gasteiger partial charge in [-0.1, -0.05) is 165 Å². The summed E-state index contributed by atoms with van der Waals surface area (Å²) in [6.45, 7) is 36.9. The molecule has 0 spiro atoms.